The number of hydrogen-bond acceptors (Lipinski definition) is 5. The van der Waals surface area contributed by atoms with Gasteiger partial charge in [-0.2, -0.15) is 0 Å². The molecule has 6 nitrogen and oxygen atoms in total. The normalized spacial score (nSPS) is 12.9. The molecule has 1 aliphatic heterocycles. The minimum absolute atomic E-state index is 0.142. The number of hydrogen-bond donors (Lipinski definition) is 0. The van der Waals surface area contributed by atoms with E-state index < -0.39 is 0 Å². The second-order valence-electron chi connectivity index (χ2n) is 5.92. The Labute approximate surface area is 151 Å². The zero-order valence-electron chi connectivity index (χ0n) is 14.4. The summed E-state index contributed by atoms with van der Waals surface area (Å²) in [6.07, 6.45) is 0.510. The maximum absolute atomic E-state index is 12.2. The quantitative estimate of drug-likeness (QED) is 0.565. The lowest BCUT2D eigenvalue weighted by Gasteiger charge is -2.13. The van der Waals surface area contributed by atoms with Crippen molar-refractivity contribution in [2.24, 2.45) is 0 Å². The minimum Gasteiger partial charge on any atom is -0.497 e. The van der Waals surface area contributed by atoms with Crippen molar-refractivity contribution in [3.63, 3.8) is 0 Å². The van der Waals surface area contributed by atoms with E-state index in [2.05, 4.69) is 0 Å². The lowest BCUT2D eigenvalue weighted by atomic mass is 10.1. The lowest BCUT2D eigenvalue weighted by Crippen LogP contribution is -2.31. The molecule has 0 saturated carbocycles. The summed E-state index contributed by atoms with van der Waals surface area (Å²) in [6.45, 7) is 0.375. The fourth-order valence-electron chi connectivity index (χ4n) is 2.78. The summed E-state index contributed by atoms with van der Waals surface area (Å²) >= 11 is 0. The van der Waals surface area contributed by atoms with Crippen LogP contribution in [0.1, 0.15) is 39.1 Å². The number of amides is 2. The van der Waals surface area contributed by atoms with Crippen molar-refractivity contribution in [3.05, 3.63) is 65.2 Å². The van der Waals surface area contributed by atoms with Crippen molar-refractivity contribution in [1.82, 2.24) is 4.90 Å². The van der Waals surface area contributed by atoms with Crippen LogP contribution in [0.4, 0.5) is 0 Å². The number of methoxy groups -OCH3 is 1. The van der Waals surface area contributed by atoms with Crippen molar-refractivity contribution in [1.29, 1.82) is 0 Å². The molecule has 134 valence electrons. The molecule has 0 aromatic heterocycles. The molecule has 0 fully saturated rings. The van der Waals surface area contributed by atoms with Gasteiger partial charge < -0.3 is 9.47 Å². The van der Waals surface area contributed by atoms with Crippen LogP contribution in [0.5, 0.6) is 5.75 Å². The smallest absolute Gasteiger partial charge is 0.306 e. The zero-order valence-corrected chi connectivity index (χ0v) is 14.4. The first-order valence-electron chi connectivity index (χ1n) is 8.34. The van der Waals surface area contributed by atoms with Crippen LogP contribution in [-0.4, -0.2) is 36.3 Å². The Balaban J connectivity index is 1.44. The molecule has 2 aromatic rings. The Morgan fingerprint density at radius 2 is 1.58 bits per heavy atom. The van der Waals surface area contributed by atoms with E-state index in [1.165, 1.54) is 4.90 Å². The number of rotatable bonds is 7. The van der Waals surface area contributed by atoms with Gasteiger partial charge in [-0.15, -0.1) is 0 Å². The molecule has 2 amide bonds. The molecule has 2 aromatic carbocycles. The largest absolute Gasteiger partial charge is 0.497 e. The van der Waals surface area contributed by atoms with Crippen LogP contribution in [0.3, 0.4) is 0 Å². The number of ether oxygens (including phenoxy) is 2. The highest BCUT2D eigenvalue weighted by molar-refractivity contribution is 6.21. The van der Waals surface area contributed by atoms with E-state index in [4.69, 9.17) is 9.47 Å². The number of imide groups is 1. The van der Waals surface area contributed by atoms with E-state index in [0.717, 1.165) is 11.3 Å². The van der Waals surface area contributed by atoms with Crippen LogP contribution in [0, 0.1) is 0 Å². The summed E-state index contributed by atoms with van der Waals surface area (Å²) < 4.78 is 10.3. The summed E-state index contributed by atoms with van der Waals surface area (Å²) in [5.41, 5.74) is 1.69. The average Bonchev–Trinajstić information content (AvgIpc) is 2.92. The Hall–Kier alpha value is -3.15. The van der Waals surface area contributed by atoms with E-state index in [9.17, 15) is 14.4 Å². The second-order valence-corrected chi connectivity index (χ2v) is 5.92. The standard InChI is InChI=1S/C20H19NO5/c1-25-15-10-8-14(9-11-15)13-26-18(22)7-4-12-21-19(23)16-5-2-3-6-17(16)20(21)24/h2-3,5-6,8-11H,4,7,12-13H2,1H3. The summed E-state index contributed by atoms with van der Waals surface area (Å²) in [7, 11) is 1.59. The van der Waals surface area contributed by atoms with E-state index in [0.29, 0.717) is 17.5 Å². The van der Waals surface area contributed by atoms with Crippen LogP contribution in [0.2, 0.25) is 0 Å². The summed E-state index contributed by atoms with van der Waals surface area (Å²) in [5, 5.41) is 0. The number of esters is 1. The number of nitrogens with zero attached hydrogens (tertiary/aromatic N) is 1. The fraction of sp³-hybridized carbons (Fsp3) is 0.250. The Morgan fingerprint density at radius 3 is 2.15 bits per heavy atom. The predicted octanol–water partition coefficient (Wildman–Crippen LogP) is 2.81. The molecule has 1 heterocycles. The summed E-state index contributed by atoms with van der Waals surface area (Å²) in [6, 6.07) is 14.0. The van der Waals surface area contributed by atoms with Crippen molar-refractivity contribution in [3.8, 4) is 5.75 Å². The summed E-state index contributed by atoms with van der Waals surface area (Å²) in [5.74, 6) is -0.243. The highest BCUT2D eigenvalue weighted by Gasteiger charge is 2.34. The molecule has 0 N–H and O–H groups in total. The maximum Gasteiger partial charge on any atom is 0.306 e. The molecule has 0 saturated heterocycles. The predicted molar refractivity (Wildman–Crippen MR) is 93.8 cm³/mol. The Bertz CT molecular complexity index is 793. The van der Waals surface area contributed by atoms with Crippen molar-refractivity contribution >= 4 is 17.8 Å². The molecule has 0 spiro atoms. The third-order valence-corrected chi connectivity index (χ3v) is 4.20. The van der Waals surface area contributed by atoms with Gasteiger partial charge in [0, 0.05) is 13.0 Å². The molecular formula is C20H19NO5. The van der Waals surface area contributed by atoms with Gasteiger partial charge in [0.25, 0.3) is 11.8 Å². The first-order chi connectivity index (χ1) is 12.6. The third-order valence-electron chi connectivity index (χ3n) is 4.20. The zero-order chi connectivity index (χ0) is 18.5. The second kappa shape index (κ2) is 7.82. The van der Waals surface area contributed by atoms with Crippen LogP contribution < -0.4 is 4.74 Å². The number of carbonyl (C=O) groups excluding carboxylic acids is 3. The highest BCUT2D eigenvalue weighted by atomic mass is 16.5. The van der Waals surface area contributed by atoms with Gasteiger partial charge in [-0.25, -0.2) is 0 Å². The van der Waals surface area contributed by atoms with Crippen LogP contribution in [-0.2, 0) is 16.1 Å². The highest BCUT2D eigenvalue weighted by Crippen LogP contribution is 2.22. The van der Waals surface area contributed by atoms with Gasteiger partial charge >= 0.3 is 5.97 Å². The van der Waals surface area contributed by atoms with E-state index >= 15 is 0 Å². The average molecular weight is 353 g/mol. The topological polar surface area (TPSA) is 72.9 Å². The SMILES string of the molecule is COc1ccc(COC(=O)CCCN2C(=O)c3ccccc3C2=O)cc1. The monoisotopic (exact) mass is 353 g/mol. The molecular weight excluding hydrogens is 334 g/mol. The van der Waals surface area contributed by atoms with Crippen LogP contribution >= 0.6 is 0 Å². The number of benzene rings is 2. The van der Waals surface area contributed by atoms with E-state index in [-0.39, 0.29) is 37.4 Å². The minimum atomic E-state index is -0.363. The Kier molecular flexibility index (Phi) is 5.31. The number of carbonyl (C=O) groups is 3. The molecule has 0 atom stereocenters. The molecule has 6 heteroatoms. The van der Waals surface area contributed by atoms with Crippen molar-refractivity contribution in [2.75, 3.05) is 13.7 Å². The third kappa shape index (κ3) is 3.74. The molecule has 1 aliphatic rings. The van der Waals surface area contributed by atoms with Gasteiger partial charge in [0.2, 0.25) is 0 Å². The van der Waals surface area contributed by atoms with Crippen molar-refractivity contribution < 1.29 is 23.9 Å². The molecule has 0 radical (unpaired) electrons. The maximum atomic E-state index is 12.2. The summed E-state index contributed by atoms with van der Waals surface area (Å²) in [4.78, 5) is 37.5. The van der Waals surface area contributed by atoms with Gasteiger partial charge in [0.05, 0.1) is 18.2 Å². The first kappa shape index (κ1) is 17.7. The van der Waals surface area contributed by atoms with Gasteiger partial charge in [0.15, 0.2) is 0 Å². The molecule has 0 unspecified atom stereocenters. The lowest BCUT2D eigenvalue weighted by molar-refractivity contribution is -0.145. The van der Waals surface area contributed by atoms with Crippen LogP contribution in [0.25, 0.3) is 0 Å². The Morgan fingerprint density at radius 1 is 0.962 bits per heavy atom. The van der Waals surface area contributed by atoms with Gasteiger partial charge in [-0.3, -0.25) is 19.3 Å². The fourth-order valence-corrected chi connectivity index (χ4v) is 2.78. The molecule has 3 rings (SSSR count). The molecule has 0 aliphatic carbocycles. The van der Waals surface area contributed by atoms with Gasteiger partial charge in [-0.05, 0) is 36.2 Å². The van der Waals surface area contributed by atoms with Gasteiger partial charge in [0.1, 0.15) is 12.4 Å². The number of fused-ring (bicyclic) bond motifs is 1. The van der Waals surface area contributed by atoms with Crippen LogP contribution in [0.15, 0.2) is 48.5 Å². The van der Waals surface area contributed by atoms with E-state index in [1.54, 1.807) is 43.5 Å². The molecule has 0 bridgehead atoms. The van der Waals surface area contributed by atoms with E-state index in [1.807, 2.05) is 12.1 Å². The molecule has 26 heavy (non-hydrogen) atoms. The van der Waals surface area contributed by atoms with Crippen molar-refractivity contribution in [2.45, 2.75) is 19.4 Å². The first-order valence-corrected chi connectivity index (χ1v) is 8.34. The van der Waals surface area contributed by atoms with Gasteiger partial charge in [-0.1, -0.05) is 24.3 Å².